The second-order valence-corrected chi connectivity index (χ2v) is 5.86. The maximum absolute atomic E-state index is 10.2. The van der Waals surface area contributed by atoms with E-state index in [9.17, 15) is 15.3 Å². The zero-order valence-corrected chi connectivity index (χ0v) is 14.1. The van der Waals surface area contributed by atoms with Gasteiger partial charge in [0.25, 0.3) is 0 Å². The fourth-order valence-electron chi connectivity index (χ4n) is 2.61. The fraction of sp³-hybridized carbons (Fsp3) is 0.368. The van der Waals surface area contributed by atoms with Gasteiger partial charge in [0.1, 0.15) is 17.2 Å². The van der Waals surface area contributed by atoms with Gasteiger partial charge < -0.3 is 25.4 Å². The third-order valence-corrected chi connectivity index (χ3v) is 4.04. The fourth-order valence-corrected chi connectivity index (χ4v) is 2.61. The number of phenolic OH excluding ortho intramolecular Hbond substituents is 2. The molecule has 0 saturated heterocycles. The molecule has 5 heteroatoms. The topological polar surface area (TPSA) is 82.0 Å². The summed E-state index contributed by atoms with van der Waals surface area (Å²) in [7, 11) is 1.64. The Kier molecular flexibility index (Phi) is 6.46. The minimum Gasteiger partial charge on any atom is -0.508 e. The molecule has 0 radical (unpaired) electrons. The van der Waals surface area contributed by atoms with Gasteiger partial charge in [-0.3, -0.25) is 0 Å². The summed E-state index contributed by atoms with van der Waals surface area (Å²) >= 11 is 0. The maximum Gasteiger partial charge on any atom is 0.119 e. The molecule has 24 heavy (non-hydrogen) atoms. The number of phenols is 2. The molecular formula is C19H25NO4. The summed E-state index contributed by atoms with van der Waals surface area (Å²) in [6.45, 7) is 2.44. The second-order valence-electron chi connectivity index (χ2n) is 5.86. The molecule has 0 aliphatic heterocycles. The quantitative estimate of drug-likeness (QED) is 0.598. The van der Waals surface area contributed by atoms with Gasteiger partial charge in [-0.25, -0.2) is 0 Å². The molecule has 130 valence electrons. The SMILES string of the molecule is CC[C@@H](Cc1ccc(OC)cc1)NC[C@H](O)c1cc(O)cc(O)c1. The third kappa shape index (κ3) is 5.15. The van der Waals surface area contributed by atoms with Gasteiger partial charge >= 0.3 is 0 Å². The Morgan fingerprint density at radius 3 is 2.21 bits per heavy atom. The average molecular weight is 331 g/mol. The molecule has 2 rings (SSSR count). The van der Waals surface area contributed by atoms with Crippen molar-refractivity contribution in [1.29, 1.82) is 0 Å². The first-order valence-electron chi connectivity index (χ1n) is 8.09. The van der Waals surface area contributed by atoms with Crippen LogP contribution < -0.4 is 10.1 Å². The molecule has 0 unspecified atom stereocenters. The highest BCUT2D eigenvalue weighted by Gasteiger charge is 2.13. The zero-order valence-electron chi connectivity index (χ0n) is 14.1. The van der Waals surface area contributed by atoms with Crippen LogP contribution in [-0.4, -0.2) is 35.0 Å². The predicted molar refractivity (Wildman–Crippen MR) is 93.5 cm³/mol. The van der Waals surface area contributed by atoms with Gasteiger partial charge in [0.15, 0.2) is 0 Å². The Hall–Kier alpha value is -2.24. The van der Waals surface area contributed by atoms with Crippen LogP contribution in [0.4, 0.5) is 0 Å². The average Bonchev–Trinajstić information content (AvgIpc) is 2.58. The molecule has 0 aliphatic rings. The van der Waals surface area contributed by atoms with E-state index in [1.165, 1.54) is 23.8 Å². The molecule has 0 saturated carbocycles. The molecular weight excluding hydrogens is 306 g/mol. The largest absolute Gasteiger partial charge is 0.508 e. The highest BCUT2D eigenvalue weighted by atomic mass is 16.5. The van der Waals surface area contributed by atoms with E-state index in [0.717, 1.165) is 18.6 Å². The Morgan fingerprint density at radius 2 is 1.67 bits per heavy atom. The maximum atomic E-state index is 10.2. The van der Waals surface area contributed by atoms with Crippen LogP contribution in [0.2, 0.25) is 0 Å². The van der Waals surface area contributed by atoms with E-state index in [4.69, 9.17) is 4.74 Å². The molecule has 2 aromatic carbocycles. The second kappa shape index (κ2) is 8.57. The number of benzene rings is 2. The smallest absolute Gasteiger partial charge is 0.119 e. The normalized spacial score (nSPS) is 13.5. The van der Waals surface area contributed by atoms with Crippen LogP contribution in [0.3, 0.4) is 0 Å². The zero-order chi connectivity index (χ0) is 17.5. The van der Waals surface area contributed by atoms with Crippen LogP contribution in [-0.2, 0) is 6.42 Å². The summed E-state index contributed by atoms with van der Waals surface area (Å²) in [5.41, 5.74) is 1.68. The highest BCUT2D eigenvalue weighted by Crippen LogP contribution is 2.24. The molecule has 0 spiro atoms. The van der Waals surface area contributed by atoms with Gasteiger partial charge in [0, 0.05) is 18.7 Å². The minimum absolute atomic E-state index is 0.0608. The van der Waals surface area contributed by atoms with Gasteiger partial charge in [-0.2, -0.15) is 0 Å². The molecule has 0 heterocycles. The van der Waals surface area contributed by atoms with Crippen LogP contribution in [0.1, 0.15) is 30.6 Å². The van der Waals surface area contributed by atoms with Gasteiger partial charge in [0.2, 0.25) is 0 Å². The van der Waals surface area contributed by atoms with E-state index in [0.29, 0.717) is 12.1 Å². The Bertz CT molecular complexity index is 622. The number of ether oxygens (including phenoxy) is 1. The van der Waals surface area contributed by atoms with Crippen molar-refractivity contribution >= 4 is 0 Å². The number of hydrogen-bond donors (Lipinski definition) is 4. The monoisotopic (exact) mass is 331 g/mol. The van der Waals surface area contributed by atoms with E-state index in [1.54, 1.807) is 7.11 Å². The van der Waals surface area contributed by atoms with Gasteiger partial charge in [-0.05, 0) is 48.2 Å². The van der Waals surface area contributed by atoms with Crippen LogP contribution in [0.5, 0.6) is 17.2 Å². The Balaban J connectivity index is 1.92. The number of rotatable bonds is 8. The summed E-state index contributed by atoms with van der Waals surface area (Å²) in [5.74, 6) is 0.711. The van der Waals surface area contributed by atoms with Crippen molar-refractivity contribution < 1.29 is 20.1 Å². The van der Waals surface area contributed by atoms with Crippen LogP contribution in [0.15, 0.2) is 42.5 Å². The molecule has 5 nitrogen and oxygen atoms in total. The molecule has 2 aromatic rings. The lowest BCUT2D eigenvalue weighted by Gasteiger charge is -2.20. The van der Waals surface area contributed by atoms with Gasteiger partial charge in [-0.1, -0.05) is 19.1 Å². The first kappa shape index (κ1) is 18.1. The van der Waals surface area contributed by atoms with Crippen molar-refractivity contribution in [2.24, 2.45) is 0 Å². The number of nitrogens with one attached hydrogen (secondary N) is 1. The van der Waals surface area contributed by atoms with E-state index >= 15 is 0 Å². The third-order valence-electron chi connectivity index (χ3n) is 4.04. The van der Waals surface area contributed by atoms with E-state index in [1.807, 2.05) is 24.3 Å². The summed E-state index contributed by atoms with van der Waals surface area (Å²) in [5, 5.41) is 32.6. The van der Waals surface area contributed by atoms with Crippen LogP contribution in [0.25, 0.3) is 0 Å². The molecule has 0 amide bonds. The lowest BCUT2D eigenvalue weighted by molar-refractivity contribution is 0.168. The lowest BCUT2D eigenvalue weighted by atomic mass is 10.0. The number of hydrogen-bond acceptors (Lipinski definition) is 5. The van der Waals surface area contributed by atoms with Crippen LogP contribution in [0, 0.1) is 0 Å². The molecule has 0 aromatic heterocycles. The highest BCUT2D eigenvalue weighted by molar-refractivity contribution is 5.37. The summed E-state index contributed by atoms with van der Waals surface area (Å²) in [6, 6.07) is 12.3. The Morgan fingerprint density at radius 1 is 1.04 bits per heavy atom. The van der Waals surface area contributed by atoms with Crippen molar-refractivity contribution in [2.75, 3.05) is 13.7 Å². The van der Waals surface area contributed by atoms with E-state index < -0.39 is 6.10 Å². The van der Waals surface area contributed by atoms with Gasteiger partial charge in [-0.15, -0.1) is 0 Å². The number of methoxy groups -OCH3 is 1. The molecule has 0 aliphatic carbocycles. The summed E-state index contributed by atoms with van der Waals surface area (Å²) in [6.07, 6.45) is 0.968. The molecule has 0 fully saturated rings. The van der Waals surface area contributed by atoms with Gasteiger partial charge in [0.05, 0.1) is 13.2 Å². The first-order valence-corrected chi connectivity index (χ1v) is 8.09. The van der Waals surface area contributed by atoms with Crippen molar-refractivity contribution in [3.8, 4) is 17.2 Å². The molecule has 0 bridgehead atoms. The predicted octanol–water partition coefficient (Wildman–Crippen LogP) is 2.75. The Labute approximate surface area is 142 Å². The van der Waals surface area contributed by atoms with Crippen molar-refractivity contribution in [3.63, 3.8) is 0 Å². The lowest BCUT2D eigenvalue weighted by Crippen LogP contribution is -2.34. The van der Waals surface area contributed by atoms with E-state index in [-0.39, 0.29) is 17.5 Å². The number of aliphatic hydroxyl groups excluding tert-OH is 1. The summed E-state index contributed by atoms with van der Waals surface area (Å²) < 4.78 is 5.16. The number of aromatic hydroxyl groups is 2. The molecule has 4 N–H and O–H groups in total. The van der Waals surface area contributed by atoms with Crippen molar-refractivity contribution in [1.82, 2.24) is 5.32 Å². The first-order chi connectivity index (χ1) is 11.5. The van der Waals surface area contributed by atoms with Crippen molar-refractivity contribution in [2.45, 2.75) is 31.9 Å². The van der Waals surface area contributed by atoms with Crippen molar-refractivity contribution in [3.05, 3.63) is 53.6 Å². The summed E-state index contributed by atoms with van der Waals surface area (Å²) in [4.78, 5) is 0. The molecule has 2 atom stereocenters. The van der Waals surface area contributed by atoms with E-state index in [2.05, 4.69) is 12.2 Å². The standard InChI is InChI=1S/C19H25NO4/c1-3-15(8-13-4-6-18(24-2)7-5-13)20-12-19(23)14-9-16(21)11-17(22)10-14/h4-7,9-11,15,19-23H,3,8,12H2,1-2H3/t15-,19-/m0/s1. The number of aliphatic hydroxyl groups is 1. The minimum atomic E-state index is -0.798. The van der Waals surface area contributed by atoms with Crippen LogP contribution >= 0.6 is 0 Å².